The Hall–Kier alpha value is -2.82. The summed E-state index contributed by atoms with van der Waals surface area (Å²) in [6.07, 6.45) is -2.95. The molecule has 0 radical (unpaired) electrons. The number of nitrogens with one attached hydrogen (secondary N) is 1. The molecule has 1 aromatic carbocycles. The monoisotopic (exact) mass is 426 g/mol. The summed E-state index contributed by atoms with van der Waals surface area (Å²) in [6, 6.07) is 7.87. The summed E-state index contributed by atoms with van der Waals surface area (Å²) < 4.78 is 39.1. The average molecular weight is 427 g/mol. The molecule has 0 saturated carbocycles. The molecule has 2 aromatic heterocycles. The third-order valence-corrected chi connectivity index (χ3v) is 3.65. The number of carbonyl (C=O) groups excluding carboxylic acids is 1. The number of amides is 1. The first-order valence-electron chi connectivity index (χ1n) is 7.18. The second-order valence-corrected chi connectivity index (χ2v) is 6.05. The number of nitrogens with zero attached hydrogens (tertiary/aromatic N) is 5. The highest BCUT2D eigenvalue weighted by Gasteiger charge is 2.30. The van der Waals surface area contributed by atoms with Crippen LogP contribution < -0.4 is 5.32 Å². The minimum Gasteiger partial charge on any atom is -0.309 e. The lowest BCUT2D eigenvalue weighted by Crippen LogP contribution is -2.21. The van der Waals surface area contributed by atoms with E-state index in [-0.39, 0.29) is 17.9 Å². The molecular formula is C15H10BrF3N6O. The Bertz CT molecular complexity index is 926. The number of benzene rings is 1. The van der Waals surface area contributed by atoms with Crippen LogP contribution in [0.4, 0.5) is 19.0 Å². The second kappa shape index (κ2) is 7.20. The van der Waals surface area contributed by atoms with Crippen molar-refractivity contribution in [2.75, 3.05) is 5.32 Å². The van der Waals surface area contributed by atoms with Gasteiger partial charge in [0.1, 0.15) is 12.4 Å². The normalized spacial score (nSPS) is 11.4. The van der Waals surface area contributed by atoms with E-state index in [1.54, 1.807) is 12.1 Å². The van der Waals surface area contributed by atoms with Gasteiger partial charge in [0.15, 0.2) is 0 Å². The summed E-state index contributed by atoms with van der Waals surface area (Å²) in [4.78, 5) is 16.9. The van der Waals surface area contributed by atoms with Crippen molar-refractivity contribution in [2.45, 2.75) is 12.7 Å². The van der Waals surface area contributed by atoms with Crippen molar-refractivity contribution in [1.29, 1.82) is 0 Å². The van der Waals surface area contributed by atoms with Crippen LogP contribution in [0.25, 0.3) is 11.4 Å². The van der Waals surface area contributed by atoms with Crippen molar-refractivity contribution >= 4 is 27.7 Å². The highest BCUT2D eigenvalue weighted by Crippen LogP contribution is 2.31. The van der Waals surface area contributed by atoms with Crippen molar-refractivity contribution < 1.29 is 18.0 Å². The molecule has 1 N–H and O–H groups in total. The van der Waals surface area contributed by atoms with Gasteiger partial charge in [0.05, 0.1) is 5.56 Å². The molecule has 0 aliphatic carbocycles. The Morgan fingerprint density at radius 3 is 2.73 bits per heavy atom. The largest absolute Gasteiger partial charge is 0.416 e. The van der Waals surface area contributed by atoms with Gasteiger partial charge < -0.3 is 5.32 Å². The Morgan fingerprint density at radius 2 is 2.04 bits per heavy atom. The molecule has 0 unspecified atom stereocenters. The minimum atomic E-state index is -4.47. The number of anilines is 1. The van der Waals surface area contributed by atoms with Crippen LogP contribution in [0.5, 0.6) is 0 Å². The molecule has 11 heteroatoms. The topological polar surface area (TPSA) is 85.6 Å². The van der Waals surface area contributed by atoms with Crippen molar-refractivity contribution in [3.8, 4) is 11.4 Å². The van der Waals surface area contributed by atoms with Crippen molar-refractivity contribution in [3.63, 3.8) is 0 Å². The van der Waals surface area contributed by atoms with Gasteiger partial charge in [-0.3, -0.25) is 4.79 Å². The zero-order valence-electron chi connectivity index (χ0n) is 12.9. The van der Waals surface area contributed by atoms with Gasteiger partial charge in [0.2, 0.25) is 11.7 Å². The Kier molecular flexibility index (Phi) is 4.98. The molecule has 0 atom stereocenters. The number of hydrogen-bond acceptors (Lipinski definition) is 5. The molecule has 3 rings (SSSR count). The number of rotatable bonds is 4. The van der Waals surface area contributed by atoms with E-state index in [0.29, 0.717) is 5.82 Å². The van der Waals surface area contributed by atoms with Crippen LogP contribution in [-0.2, 0) is 17.5 Å². The lowest BCUT2D eigenvalue weighted by molar-refractivity contribution is -0.137. The van der Waals surface area contributed by atoms with Crippen LogP contribution in [-0.4, -0.2) is 31.1 Å². The van der Waals surface area contributed by atoms with E-state index in [9.17, 15) is 18.0 Å². The fourth-order valence-electron chi connectivity index (χ4n) is 2.02. The third-order valence-electron chi connectivity index (χ3n) is 3.18. The van der Waals surface area contributed by atoms with Gasteiger partial charge in [-0.2, -0.15) is 18.0 Å². The molecule has 0 aliphatic heterocycles. The second-order valence-electron chi connectivity index (χ2n) is 5.13. The van der Waals surface area contributed by atoms with E-state index in [0.717, 1.165) is 21.4 Å². The van der Waals surface area contributed by atoms with Gasteiger partial charge in [-0.1, -0.05) is 12.1 Å². The van der Waals surface area contributed by atoms with Gasteiger partial charge in [-0.15, -0.1) is 10.2 Å². The van der Waals surface area contributed by atoms with Crippen LogP contribution in [0.2, 0.25) is 0 Å². The van der Waals surface area contributed by atoms with Gasteiger partial charge in [-0.25, -0.2) is 4.98 Å². The number of carbonyl (C=O) groups is 1. The molecule has 0 saturated heterocycles. The third kappa shape index (κ3) is 4.42. The summed E-state index contributed by atoms with van der Waals surface area (Å²) in [5, 5.41) is 13.9. The Balaban J connectivity index is 1.70. The predicted octanol–water partition coefficient (Wildman–Crippen LogP) is 3.16. The average Bonchev–Trinajstić information content (AvgIpc) is 3.05. The van der Waals surface area contributed by atoms with Crippen molar-refractivity contribution in [2.24, 2.45) is 0 Å². The van der Waals surface area contributed by atoms with Gasteiger partial charge in [0.25, 0.3) is 0 Å². The highest BCUT2D eigenvalue weighted by atomic mass is 79.9. The number of pyridine rings is 1. The van der Waals surface area contributed by atoms with E-state index < -0.39 is 17.6 Å². The first-order valence-corrected chi connectivity index (χ1v) is 7.97. The fourth-order valence-corrected chi connectivity index (χ4v) is 2.26. The highest BCUT2D eigenvalue weighted by molar-refractivity contribution is 9.10. The van der Waals surface area contributed by atoms with Crippen molar-refractivity contribution in [3.05, 3.63) is 52.6 Å². The molecule has 26 heavy (non-hydrogen) atoms. The standard InChI is InChI=1S/C15H10BrF3N6O/c16-11-4-5-12(20-7-11)21-13(26)8-25-23-14(22-24-25)9-2-1-3-10(6-9)15(17,18)19/h1-7H,8H2,(H,20,21,26). The fraction of sp³-hybridized carbons (Fsp3) is 0.133. The summed E-state index contributed by atoms with van der Waals surface area (Å²) in [7, 11) is 0. The Labute approximate surface area is 153 Å². The molecular weight excluding hydrogens is 417 g/mol. The minimum absolute atomic E-state index is 0.00864. The summed E-state index contributed by atoms with van der Waals surface area (Å²) in [6.45, 7) is -0.260. The molecule has 7 nitrogen and oxygen atoms in total. The molecule has 2 heterocycles. The van der Waals surface area contributed by atoms with E-state index in [1.165, 1.54) is 18.3 Å². The molecule has 3 aromatic rings. The quantitative estimate of drug-likeness (QED) is 0.692. The zero-order chi connectivity index (χ0) is 18.7. The number of hydrogen-bond donors (Lipinski definition) is 1. The van der Waals surface area contributed by atoms with E-state index in [4.69, 9.17) is 0 Å². The number of aromatic nitrogens is 5. The van der Waals surface area contributed by atoms with Crippen molar-refractivity contribution in [1.82, 2.24) is 25.2 Å². The SMILES string of the molecule is O=C(Cn1nnc(-c2cccc(C(F)(F)F)c2)n1)Nc1ccc(Br)cn1. The zero-order valence-corrected chi connectivity index (χ0v) is 14.5. The molecule has 0 spiro atoms. The predicted molar refractivity (Wildman–Crippen MR) is 88.8 cm³/mol. The number of alkyl halides is 3. The van der Waals surface area contributed by atoms with Gasteiger partial charge >= 0.3 is 6.18 Å². The van der Waals surface area contributed by atoms with Crippen LogP contribution in [0.1, 0.15) is 5.56 Å². The molecule has 0 aliphatic rings. The molecule has 1 amide bonds. The molecule has 0 bridgehead atoms. The first-order chi connectivity index (χ1) is 12.3. The van der Waals surface area contributed by atoms with E-state index >= 15 is 0 Å². The number of halogens is 4. The van der Waals surface area contributed by atoms with Crippen LogP contribution in [0.3, 0.4) is 0 Å². The van der Waals surface area contributed by atoms with E-state index in [1.807, 2.05) is 0 Å². The lowest BCUT2D eigenvalue weighted by Gasteiger charge is -2.06. The summed E-state index contributed by atoms with van der Waals surface area (Å²) in [5.74, 6) is -0.116. The van der Waals surface area contributed by atoms with Gasteiger partial charge in [-0.05, 0) is 45.4 Å². The maximum atomic E-state index is 12.8. The molecule has 134 valence electrons. The number of tetrazole rings is 1. The summed E-state index contributed by atoms with van der Waals surface area (Å²) >= 11 is 3.23. The Morgan fingerprint density at radius 1 is 1.23 bits per heavy atom. The van der Waals surface area contributed by atoms with Crippen LogP contribution >= 0.6 is 15.9 Å². The summed E-state index contributed by atoms with van der Waals surface area (Å²) in [5.41, 5.74) is -0.661. The van der Waals surface area contributed by atoms with E-state index in [2.05, 4.69) is 41.6 Å². The van der Waals surface area contributed by atoms with Crippen LogP contribution in [0.15, 0.2) is 47.1 Å². The first kappa shape index (κ1) is 18.0. The van der Waals surface area contributed by atoms with Gasteiger partial charge in [0, 0.05) is 16.2 Å². The maximum Gasteiger partial charge on any atom is 0.416 e. The van der Waals surface area contributed by atoms with Crippen LogP contribution in [0, 0.1) is 0 Å². The lowest BCUT2D eigenvalue weighted by atomic mass is 10.1. The smallest absolute Gasteiger partial charge is 0.309 e. The molecule has 0 fully saturated rings. The maximum absolute atomic E-state index is 12.8.